The maximum absolute atomic E-state index is 12.0. The van der Waals surface area contributed by atoms with Gasteiger partial charge in [-0.1, -0.05) is 19.8 Å². The Kier molecular flexibility index (Phi) is 21.0. The summed E-state index contributed by atoms with van der Waals surface area (Å²) in [6.07, 6.45) is 4.65. The van der Waals surface area contributed by atoms with E-state index in [1.807, 2.05) is 27.7 Å². The Morgan fingerprint density at radius 1 is 1.03 bits per heavy atom. The van der Waals surface area contributed by atoms with Crippen molar-refractivity contribution in [2.45, 2.75) is 78.4 Å². The number of halogens is 1. The predicted molar refractivity (Wildman–Crippen MR) is 134 cm³/mol. The van der Waals surface area contributed by atoms with Crippen LogP contribution in [0.5, 0.6) is 0 Å². The minimum absolute atomic E-state index is 0. The van der Waals surface area contributed by atoms with Gasteiger partial charge in [-0.2, -0.15) is 0 Å². The van der Waals surface area contributed by atoms with Gasteiger partial charge in [-0.15, -0.1) is 24.0 Å². The Hall–Kier alpha value is -0.810. The second-order valence-corrected chi connectivity index (χ2v) is 7.94. The quantitative estimate of drug-likeness (QED) is 0.126. The monoisotopic (exact) mass is 544 g/mol. The van der Waals surface area contributed by atoms with Crippen LogP contribution in [0.25, 0.3) is 0 Å². The fraction of sp³-hybridized carbons (Fsp3) is 0.905. The number of ether oxygens (including phenoxy) is 3. The first-order valence-corrected chi connectivity index (χ1v) is 10.9. The Morgan fingerprint density at radius 2 is 1.77 bits per heavy atom. The lowest BCUT2D eigenvalue weighted by atomic mass is 10.1. The molecular weight excluding hydrogens is 499 g/mol. The summed E-state index contributed by atoms with van der Waals surface area (Å²) in [7, 11) is 1.67. The van der Waals surface area contributed by atoms with Crippen molar-refractivity contribution in [3.8, 4) is 0 Å². The number of amides is 1. The third-order valence-corrected chi connectivity index (χ3v) is 3.88. The molecule has 0 aliphatic heterocycles. The van der Waals surface area contributed by atoms with Gasteiger partial charge in [-0.3, -0.25) is 4.99 Å². The first-order chi connectivity index (χ1) is 13.8. The van der Waals surface area contributed by atoms with E-state index in [1.165, 1.54) is 0 Å². The van der Waals surface area contributed by atoms with Gasteiger partial charge in [0, 0.05) is 39.4 Å². The van der Waals surface area contributed by atoms with Gasteiger partial charge in [0.1, 0.15) is 5.60 Å². The molecule has 3 N–H and O–H groups in total. The lowest BCUT2D eigenvalue weighted by molar-refractivity contribution is 0.0522. The summed E-state index contributed by atoms with van der Waals surface area (Å²) in [4.78, 5) is 16.6. The minimum atomic E-state index is -0.500. The summed E-state index contributed by atoms with van der Waals surface area (Å²) in [5.74, 6) is 0.778. The SMILES string of the molecule is CCCCC(CNC(=O)OC(C)(C)C)NC(=NCCCCOCCOC)NCC.I. The molecule has 1 atom stereocenters. The maximum atomic E-state index is 12.0. The van der Waals surface area contributed by atoms with Crippen molar-refractivity contribution in [3.05, 3.63) is 0 Å². The molecule has 0 heterocycles. The fourth-order valence-corrected chi connectivity index (χ4v) is 2.46. The van der Waals surface area contributed by atoms with E-state index < -0.39 is 11.7 Å². The van der Waals surface area contributed by atoms with E-state index >= 15 is 0 Å². The fourth-order valence-electron chi connectivity index (χ4n) is 2.46. The van der Waals surface area contributed by atoms with Crippen molar-refractivity contribution in [3.63, 3.8) is 0 Å². The van der Waals surface area contributed by atoms with Gasteiger partial charge in [-0.05, 0) is 47.0 Å². The summed E-state index contributed by atoms with van der Waals surface area (Å²) >= 11 is 0. The van der Waals surface area contributed by atoms with Gasteiger partial charge in [0.05, 0.1) is 13.2 Å². The number of hydrogen-bond donors (Lipinski definition) is 3. The first kappa shape index (κ1) is 31.4. The molecule has 0 aliphatic rings. The molecule has 1 amide bonds. The predicted octanol–water partition coefficient (Wildman–Crippen LogP) is 3.69. The summed E-state index contributed by atoms with van der Waals surface area (Å²) in [6, 6.07) is 0.0950. The molecule has 1 unspecified atom stereocenters. The number of aliphatic imine (C=N–C) groups is 1. The average Bonchev–Trinajstić information content (AvgIpc) is 2.64. The molecule has 0 aromatic carbocycles. The normalized spacial score (nSPS) is 12.7. The summed E-state index contributed by atoms with van der Waals surface area (Å²) in [5, 5.41) is 9.59. The molecule has 0 aromatic rings. The Bertz CT molecular complexity index is 445. The van der Waals surface area contributed by atoms with Crippen molar-refractivity contribution in [1.82, 2.24) is 16.0 Å². The van der Waals surface area contributed by atoms with Crippen LogP contribution in [0.3, 0.4) is 0 Å². The van der Waals surface area contributed by atoms with Gasteiger partial charge in [-0.25, -0.2) is 4.79 Å². The number of nitrogens with one attached hydrogen (secondary N) is 3. The minimum Gasteiger partial charge on any atom is -0.444 e. The molecular formula is C21H45IN4O4. The maximum Gasteiger partial charge on any atom is 0.407 e. The topological polar surface area (TPSA) is 93.2 Å². The highest BCUT2D eigenvalue weighted by atomic mass is 127. The number of unbranched alkanes of at least 4 members (excludes halogenated alkanes) is 2. The third kappa shape index (κ3) is 20.5. The number of nitrogens with zero attached hydrogens (tertiary/aromatic N) is 1. The molecule has 0 fully saturated rings. The number of guanidine groups is 1. The molecule has 0 saturated heterocycles. The van der Waals surface area contributed by atoms with E-state index in [-0.39, 0.29) is 30.0 Å². The zero-order valence-corrected chi connectivity index (χ0v) is 22.2. The van der Waals surface area contributed by atoms with Gasteiger partial charge in [0.25, 0.3) is 0 Å². The molecule has 8 nitrogen and oxygen atoms in total. The second kappa shape index (κ2) is 20.1. The highest BCUT2D eigenvalue weighted by Gasteiger charge is 2.18. The van der Waals surface area contributed by atoms with Crippen LogP contribution in [0.4, 0.5) is 4.79 Å². The Labute approximate surface area is 200 Å². The molecule has 0 spiro atoms. The van der Waals surface area contributed by atoms with E-state index in [2.05, 4.69) is 27.9 Å². The van der Waals surface area contributed by atoms with Crippen LogP contribution in [0.2, 0.25) is 0 Å². The number of alkyl carbamates (subject to hydrolysis) is 1. The zero-order chi connectivity index (χ0) is 22.0. The Balaban J connectivity index is 0. The van der Waals surface area contributed by atoms with Crippen molar-refractivity contribution >= 4 is 36.0 Å². The number of rotatable bonds is 15. The smallest absolute Gasteiger partial charge is 0.407 e. The number of methoxy groups -OCH3 is 1. The van der Waals surface area contributed by atoms with Crippen LogP contribution >= 0.6 is 24.0 Å². The molecule has 180 valence electrons. The van der Waals surface area contributed by atoms with Crippen LogP contribution in [0.1, 0.15) is 66.7 Å². The highest BCUT2D eigenvalue weighted by Crippen LogP contribution is 2.07. The molecule has 0 saturated carbocycles. The van der Waals surface area contributed by atoms with Crippen LogP contribution in [-0.4, -0.2) is 70.3 Å². The summed E-state index contributed by atoms with van der Waals surface area (Å²) in [6.45, 7) is 13.8. The van der Waals surface area contributed by atoms with Crippen molar-refractivity contribution in [2.24, 2.45) is 4.99 Å². The van der Waals surface area contributed by atoms with Crippen LogP contribution < -0.4 is 16.0 Å². The van der Waals surface area contributed by atoms with E-state index in [0.717, 1.165) is 57.8 Å². The van der Waals surface area contributed by atoms with Crippen LogP contribution in [-0.2, 0) is 14.2 Å². The second-order valence-electron chi connectivity index (χ2n) is 7.94. The molecule has 9 heteroatoms. The molecule has 30 heavy (non-hydrogen) atoms. The van der Waals surface area contributed by atoms with Gasteiger partial charge >= 0.3 is 6.09 Å². The number of hydrogen-bond acceptors (Lipinski definition) is 5. The lowest BCUT2D eigenvalue weighted by Gasteiger charge is -2.24. The standard InChI is InChI=1S/C21H44N4O4.HI/c1-7-9-12-18(17-24-20(26)29-21(3,4)5)25-19(22-8-2)23-13-10-11-14-28-16-15-27-6;/h18H,7-17H2,1-6H3,(H,24,26)(H2,22,23,25);1H. The van der Waals surface area contributed by atoms with Crippen molar-refractivity contribution in [2.75, 3.05) is 46.6 Å². The van der Waals surface area contributed by atoms with E-state index in [0.29, 0.717) is 19.8 Å². The highest BCUT2D eigenvalue weighted by molar-refractivity contribution is 14.0. The molecule has 0 aliphatic carbocycles. The van der Waals surface area contributed by atoms with Gasteiger partial charge in [0.15, 0.2) is 5.96 Å². The lowest BCUT2D eigenvalue weighted by Crippen LogP contribution is -2.49. The van der Waals surface area contributed by atoms with E-state index in [9.17, 15) is 4.79 Å². The Morgan fingerprint density at radius 3 is 2.37 bits per heavy atom. The first-order valence-electron chi connectivity index (χ1n) is 10.9. The summed E-state index contributed by atoms with van der Waals surface area (Å²) in [5.41, 5.74) is -0.500. The molecule has 0 bridgehead atoms. The van der Waals surface area contributed by atoms with Gasteiger partial charge < -0.3 is 30.2 Å². The van der Waals surface area contributed by atoms with Gasteiger partial charge in [0.2, 0.25) is 0 Å². The third-order valence-electron chi connectivity index (χ3n) is 3.88. The van der Waals surface area contributed by atoms with E-state index in [4.69, 9.17) is 14.2 Å². The zero-order valence-electron chi connectivity index (χ0n) is 19.8. The number of carbonyl (C=O) groups excluding carboxylic acids is 1. The largest absolute Gasteiger partial charge is 0.444 e. The number of carbonyl (C=O) groups is 1. The van der Waals surface area contributed by atoms with Crippen LogP contribution in [0.15, 0.2) is 4.99 Å². The summed E-state index contributed by atoms with van der Waals surface area (Å²) < 4.78 is 15.8. The van der Waals surface area contributed by atoms with Crippen LogP contribution in [0, 0.1) is 0 Å². The molecule has 0 aromatic heterocycles. The average molecular weight is 545 g/mol. The van der Waals surface area contributed by atoms with Crippen molar-refractivity contribution in [1.29, 1.82) is 0 Å². The van der Waals surface area contributed by atoms with Crippen molar-refractivity contribution < 1.29 is 19.0 Å². The molecule has 0 rings (SSSR count). The molecule has 0 radical (unpaired) electrons. The van der Waals surface area contributed by atoms with E-state index in [1.54, 1.807) is 7.11 Å².